The topological polar surface area (TPSA) is 38.3 Å². The molecule has 0 radical (unpaired) electrons. The standard InChI is InChI=1S/C17H22FNO2S/c1-2-10-22-12-16(20)19-13-17(6-8-21-9-7-17)14-4-3-5-15(18)11-14/h2-5,11H,1,6-10,12-13H2,(H,19,20). The Morgan fingerprint density at radius 2 is 2.23 bits per heavy atom. The van der Waals surface area contributed by atoms with Gasteiger partial charge in [0, 0.05) is 30.9 Å². The highest BCUT2D eigenvalue weighted by molar-refractivity contribution is 8.00. The number of hydrogen-bond donors (Lipinski definition) is 1. The van der Waals surface area contributed by atoms with Crippen molar-refractivity contribution in [1.82, 2.24) is 5.32 Å². The first kappa shape index (κ1) is 17.0. The Morgan fingerprint density at radius 3 is 2.91 bits per heavy atom. The number of carbonyl (C=O) groups excluding carboxylic acids is 1. The lowest BCUT2D eigenvalue weighted by atomic mass is 9.74. The van der Waals surface area contributed by atoms with E-state index in [1.807, 2.05) is 6.07 Å². The molecule has 1 aliphatic heterocycles. The van der Waals surface area contributed by atoms with Gasteiger partial charge in [-0.25, -0.2) is 4.39 Å². The van der Waals surface area contributed by atoms with Crippen LogP contribution in [0.2, 0.25) is 0 Å². The Morgan fingerprint density at radius 1 is 1.45 bits per heavy atom. The molecule has 1 heterocycles. The summed E-state index contributed by atoms with van der Waals surface area (Å²) in [4.78, 5) is 11.9. The number of halogens is 1. The SMILES string of the molecule is C=CCSCC(=O)NCC1(c2cccc(F)c2)CCOCC1. The minimum absolute atomic E-state index is 0.00844. The van der Waals surface area contributed by atoms with E-state index in [0.717, 1.165) is 24.2 Å². The predicted octanol–water partition coefficient (Wildman–Crippen LogP) is 2.91. The molecule has 0 unspecified atom stereocenters. The van der Waals surface area contributed by atoms with E-state index in [1.165, 1.54) is 17.8 Å². The zero-order valence-electron chi connectivity index (χ0n) is 12.6. The highest BCUT2D eigenvalue weighted by Crippen LogP contribution is 2.34. The van der Waals surface area contributed by atoms with Gasteiger partial charge in [0.1, 0.15) is 5.82 Å². The van der Waals surface area contributed by atoms with E-state index in [9.17, 15) is 9.18 Å². The van der Waals surface area contributed by atoms with Crippen LogP contribution in [0, 0.1) is 5.82 Å². The van der Waals surface area contributed by atoms with Crippen LogP contribution in [0.3, 0.4) is 0 Å². The molecule has 1 aromatic carbocycles. The quantitative estimate of drug-likeness (QED) is 0.619. The average Bonchev–Trinajstić information content (AvgIpc) is 2.54. The van der Waals surface area contributed by atoms with Gasteiger partial charge in [0.25, 0.3) is 0 Å². The highest BCUT2D eigenvalue weighted by atomic mass is 32.2. The second kappa shape index (κ2) is 8.34. The largest absolute Gasteiger partial charge is 0.381 e. The molecule has 1 saturated heterocycles. The molecule has 120 valence electrons. The third-order valence-corrected chi connectivity index (χ3v) is 4.92. The molecule has 2 rings (SSSR count). The van der Waals surface area contributed by atoms with Crippen molar-refractivity contribution in [1.29, 1.82) is 0 Å². The van der Waals surface area contributed by atoms with Crippen LogP contribution in [0.1, 0.15) is 18.4 Å². The van der Waals surface area contributed by atoms with E-state index in [-0.39, 0.29) is 17.1 Å². The Hall–Kier alpha value is -1.33. The Balaban J connectivity index is 2.03. The summed E-state index contributed by atoms with van der Waals surface area (Å²) in [5, 5.41) is 3.00. The van der Waals surface area contributed by atoms with Gasteiger partial charge in [0.15, 0.2) is 0 Å². The summed E-state index contributed by atoms with van der Waals surface area (Å²) in [6.07, 6.45) is 3.36. The second-order valence-corrected chi connectivity index (χ2v) is 6.51. The fourth-order valence-corrected chi connectivity index (χ4v) is 3.27. The maximum atomic E-state index is 13.6. The van der Waals surface area contributed by atoms with E-state index >= 15 is 0 Å². The molecule has 0 saturated carbocycles. The Labute approximate surface area is 135 Å². The van der Waals surface area contributed by atoms with Crippen molar-refractivity contribution >= 4 is 17.7 Å². The zero-order chi connectivity index (χ0) is 15.8. The molecular weight excluding hydrogens is 301 g/mol. The van der Waals surface area contributed by atoms with Crippen LogP contribution < -0.4 is 5.32 Å². The summed E-state index contributed by atoms with van der Waals surface area (Å²) in [5.74, 6) is 0.947. The Kier molecular flexibility index (Phi) is 6.46. The molecule has 1 amide bonds. The molecule has 1 fully saturated rings. The molecule has 5 heteroatoms. The third kappa shape index (κ3) is 4.58. The number of hydrogen-bond acceptors (Lipinski definition) is 3. The molecule has 0 aliphatic carbocycles. The van der Waals surface area contributed by atoms with E-state index in [2.05, 4.69) is 11.9 Å². The molecule has 1 aliphatic rings. The van der Waals surface area contributed by atoms with Gasteiger partial charge in [0.2, 0.25) is 5.91 Å². The van der Waals surface area contributed by atoms with Crippen LogP contribution in [0.25, 0.3) is 0 Å². The van der Waals surface area contributed by atoms with Crippen molar-refractivity contribution in [3.63, 3.8) is 0 Å². The van der Waals surface area contributed by atoms with Gasteiger partial charge < -0.3 is 10.1 Å². The molecular formula is C17H22FNO2S. The first-order chi connectivity index (χ1) is 10.7. The monoisotopic (exact) mass is 323 g/mol. The van der Waals surface area contributed by atoms with Crippen molar-refractivity contribution in [2.45, 2.75) is 18.3 Å². The van der Waals surface area contributed by atoms with Crippen molar-refractivity contribution < 1.29 is 13.9 Å². The van der Waals surface area contributed by atoms with Crippen molar-refractivity contribution in [2.75, 3.05) is 31.3 Å². The van der Waals surface area contributed by atoms with Crippen molar-refractivity contribution in [3.05, 3.63) is 48.3 Å². The Bertz CT molecular complexity index is 515. The van der Waals surface area contributed by atoms with E-state index in [0.29, 0.717) is 25.5 Å². The van der Waals surface area contributed by atoms with E-state index in [4.69, 9.17) is 4.74 Å². The lowest BCUT2D eigenvalue weighted by Crippen LogP contribution is -2.45. The molecule has 0 atom stereocenters. The summed E-state index contributed by atoms with van der Waals surface area (Å²) in [6.45, 7) is 5.43. The second-order valence-electron chi connectivity index (χ2n) is 5.48. The number of ether oxygens (including phenoxy) is 1. The summed E-state index contributed by atoms with van der Waals surface area (Å²) in [5.41, 5.74) is 0.703. The summed E-state index contributed by atoms with van der Waals surface area (Å²) >= 11 is 1.53. The van der Waals surface area contributed by atoms with Crippen molar-refractivity contribution in [3.8, 4) is 0 Å². The van der Waals surface area contributed by atoms with Crippen LogP contribution in [-0.4, -0.2) is 37.2 Å². The summed E-state index contributed by atoms with van der Waals surface area (Å²) in [7, 11) is 0. The maximum Gasteiger partial charge on any atom is 0.230 e. The van der Waals surface area contributed by atoms with E-state index in [1.54, 1.807) is 18.2 Å². The third-order valence-electron chi connectivity index (χ3n) is 3.98. The predicted molar refractivity (Wildman–Crippen MR) is 88.7 cm³/mol. The van der Waals surface area contributed by atoms with Gasteiger partial charge in [-0.2, -0.15) is 0 Å². The normalized spacial score (nSPS) is 17.0. The van der Waals surface area contributed by atoms with Crippen LogP contribution in [0.15, 0.2) is 36.9 Å². The fourth-order valence-electron chi connectivity index (χ4n) is 2.70. The molecule has 22 heavy (non-hydrogen) atoms. The average molecular weight is 323 g/mol. The van der Waals surface area contributed by atoms with Crippen LogP contribution in [-0.2, 0) is 14.9 Å². The lowest BCUT2D eigenvalue weighted by molar-refractivity contribution is -0.119. The number of benzene rings is 1. The van der Waals surface area contributed by atoms with Crippen LogP contribution in [0.4, 0.5) is 4.39 Å². The molecule has 1 N–H and O–H groups in total. The number of rotatable bonds is 7. The number of amides is 1. The number of thioether (sulfide) groups is 1. The minimum Gasteiger partial charge on any atom is -0.381 e. The first-order valence-electron chi connectivity index (χ1n) is 7.45. The lowest BCUT2D eigenvalue weighted by Gasteiger charge is -2.38. The van der Waals surface area contributed by atoms with Crippen molar-refractivity contribution in [2.24, 2.45) is 0 Å². The highest BCUT2D eigenvalue weighted by Gasteiger charge is 2.35. The van der Waals surface area contributed by atoms with Gasteiger partial charge in [-0.1, -0.05) is 18.2 Å². The smallest absolute Gasteiger partial charge is 0.230 e. The van der Waals surface area contributed by atoms with Gasteiger partial charge in [-0.3, -0.25) is 4.79 Å². The van der Waals surface area contributed by atoms with Crippen LogP contribution in [0.5, 0.6) is 0 Å². The number of nitrogens with one attached hydrogen (secondary N) is 1. The molecule has 0 spiro atoms. The summed E-state index contributed by atoms with van der Waals surface area (Å²) < 4.78 is 19.0. The number of carbonyl (C=O) groups is 1. The molecule has 0 aromatic heterocycles. The fraction of sp³-hybridized carbons (Fsp3) is 0.471. The molecule has 3 nitrogen and oxygen atoms in total. The zero-order valence-corrected chi connectivity index (χ0v) is 13.5. The van der Waals surface area contributed by atoms with Gasteiger partial charge in [-0.05, 0) is 30.5 Å². The minimum atomic E-state index is -0.240. The summed E-state index contributed by atoms with van der Waals surface area (Å²) in [6, 6.07) is 6.68. The van der Waals surface area contributed by atoms with Crippen LogP contribution >= 0.6 is 11.8 Å². The van der Waals surface area contributed by atoms with Gasteiger partial charge >= 0.3 is 0 Å². The molecule has 1 aromatic rings. The maximum absolute atomic E-state index is 13.6. The first-order valence-corrected chi connectivity index (χ1v) is 8.61. The van der Waals surface area contributed by atoms with Gasteiger partial charge in [0.05, 0.1) is 5.75 Å². The van der Waals surface area contributed by atoms with Gasteiger partial charge in [-0.15, -0.1) is 18.3 Å². The van der Waals surface area contributed by atoms with E-state index < -0.39 is 0 Å². The molecule has 0 bridgehead atoms.